The number of nitrogens with one attached hydrogen (secondary N) is 1. The molecule has 8 heteroatoms. The molecule has 1 aliphatic rings. The van der Waals surface area contributed by atoms with Gasteiger partial charge in [0.1, 0.15) is 17.4 Å². The van der Waals surface area contributed by atoms with Crippen LogP contribution in [0.4, 0.5) is 4.79 Å². The maximum atomic E-state index is 12.2. The minimum atomic E-state index is -0.655. The molecule has 1 aromatic rings. The van der Waals surface area contributed by atoms with Gasteiger partial charge in [0, 0.05) is 6.54 Å². The standard InChI is InChI=1S/C22H31BN2O5/c1-20(2,3)28-19(26)25-14-17(23-29-21(4,5)22(6,7)30-23)12-15-9-10-18(27-8)16(11-15)13-24/h9-12H,14H2,1-8H3,(H,25,26). The largest absolute Gasteiger partial charge is 0.495 e. The summed E-state index contributed by atoms with van der Waals surface area (Å²) in [5, 5.41) is 12.1. The van der Waals surface area contributed by atoms with Gasteiger partial charge in [-0.2, -0.15) is 5.26 Å². The van der Waals surface area contributed by atoms with E-state index >= 15 is 0 Å². The number of hydrogen-bond donors (Lipinski definition) is 1. The fourth-order valence-corrected chi connectivity index (χ4v) is 2.80. The summed E-state index contributed by atoms with van der Waals surface area (Å²) in [6, 6.07) is 7.41. The van der Waals surface area contributed by atoms with Gasteiger partial charge in [-0.25, -0.2) is 4.79 Å². The average Bonchev–Trinajstić information content (AvgIpc) is 2.84. The van der Waals surface area contributed by atoms with Crippen molar-refractivity contribution in [2.75, 3.05) is 13.7 Å². The Morgan fingerprint density at radius 1 is 1.23 bits per heavy atom. The van der Waals surface area contributed by atoms with Crippen molar-refractivity contribution in [1.29, 1.82) is 5.26 Å². The quantitative estimate of drug-likeness (QED) is 0.730. The minimum absolute atomic E-state index is 0.166. The molecule has 0 aromatic heterocycles. The average molecular weight is 414 g/mol. The van der Waals surface area contributed by atoms with Gasteiger partial charge in [-0.15, -0.1) is 0 Å². The van der Waals surface area contributed by atoms with E-state index in [9.17, 15) is 10.1 Å². The van der Waals surface area contributed by atoms with Crippen LogP contribution in [0.25, 0.3) is 6.08 Å². The Kier molecular flexibility index (Phi) is 6.90. The number of nitriles is 1. The van der Waals surface area contributed by atoms with E-state index in [-0.39, 0.29) is 6.54 Å². The van der Waals surface area contributed by atoms with Crippen LogP contribution in [0.15, 0.2) is 23.7 Å². The topological polar surface area (TPSA) is 89.8 Å². The van der Waals surface area contributed by atoms with Gasteiger partial charge in [0.2, 0.25) is 0 Å². The zero-order valence-electron chi connectivity index (χ0n) is 19.1. The second-order valence-corrected chi connectivity index (χ2v) is 9.23. The molecule has 0 atom stereocenters. The third-order valence-electron chi connectivity index (χ3n) is 5.09. The summed E-state index contributed by atoms with van der Waals surface area (Å²) in [5.74, 6) is 0.499. The van der Waals surface area contributed by atoms with E-state index < -0.39 is 30.0 Å². The highest BCUT2D eigenvalue weighted by Crippen LogP contribution is 2.38. The molecule has 0 aliphatic carbocycles. The SMILES string of the molecule is COc1ccc(C=C(CNC(=O)OC(C)(C)C)B2OC(C)(C)C(C)(C)O2)cc1C#N. The summed E-state index contributed by atoms with van der Waals surface area (Å²) >= 11 is 0. The molecule has 0 saturated carbocycles. The fraction of sp³-hybridized carbons (Fsp3) is 0.545. The normalized spacial score (nSPS) is 18.0. The van der Waals surface area contributed by atoms with Crippen LogP contribution in [0.5, 0.6) is 5.75 Å². The molecular formula is C22H31BN2O5. The van der Waals surface area contributed by atoms with Gasteiger partial charge in [-0.1, -0.05) is 12.1 Å². The Morgan fingerprint density at radius 2 is 1.83 bits per heavy atom. The number of alkyl carbamates (subject to hydrolysis) is 1. The van der Waals surface area contributed by atoms with E-state index in [2.05, 4.69) is 11.4 Å². The summed E-state index contributed by atoms with van der Waals surface area (Å²) < 4.78 is 22.9. The molecule has 30 heavy (non-hydrogen) atoms. The van der Waals surface area contributed by atoms with Gasteiger partial charge in [0.25, 0.3) is 0 Å². The lowest BCUT2D eigenvalue weighted by Crippen LogP contribution is -2.41. The van der Waals surface area contributed by atoms with Crippen molar-refractivity contribution >= 4 is 19.3 Å². The molecule has 1 saturated heterocycles. The van der Waals surface area contributed by atoms with Crippen molar-refractivity contribution in [3.8, 4) is 11.8 Å². The third-order valence-corrected chi connectivity index (χ3v) is 5.09. The van der Waals surface area contributed by atoms with Crippen LogP contribution in [0, 0.1) is 11.3 Å². The van der Waals surface area contributed by atoms with Gasteiger partial charge >= 0.3 is 13.2 Å². The molecule has 1 fully saturated rings. The molecule has 0 unspecified atom stereocenters. The van der Waals surface area contributed by atoms with E-state index in [0.29, 0.717) is 16.8 Å². The van der Waals surface area contributed by atoms with E-state index in [0.717, 1.165) is 5.56 Å². The molecule has 7 nitrogen and oxygen atoms in total. The minimum Gasteiger partial charge on any atom is -0.495 e. The van der Waals surface area contributed by atoms with Gasteiger partial charge in [0.15, 0.2) is 0 Å². The van der Waals surface area contributed by atoms with E-state index in [1.165, 1.54) is 7.11 Å². The number of nitrogens with zero attached hydrogens (tertiary/aromatic N) is 1. The molecule has 1 aliphatic heterocycles. The Hall–Kier alpha value is -2.50. The second kappa shape index (κ2) is 8.70. The van der Waals surface area contributed by atoms with Crippen LogP contribution in [0.3, 0.4) is 0 Å². The van der Waals surface area contributed by atoms with Crippen molar-refractivity contribution < 1.29 is 23.6 Å². The fourth-order valence-electron chi connectivity index (χ4n) is 2.80. The van der Waals surface area contributed by atoms with E-state index in [1.807, 2.05) is 39.8 Å². The molecular weight excluding hydrogens is 383 g/mol. The van der Waals surface area contributed by atoms with Gasteiger partial charge < -0.3 is 24.1 Å². The molecule has 1 heterocycles. The van der Waals surface area contributed by atoms with Crippen molar-refractivity contribution in [2.45, 2.75) is 65.3 Å². The van der Waals surface area contributed by atoms with Crippen LogP contribution in [-0.2, 0) is 14.0 Å². The van der Waals surface area contributed by atoms with E-state index in [4.69, 9.17) is 18.8 Å². The summed E-state index contributed by atoms with van der Waals surface area (Å²) in [4.78, 5) is 12.2. The Balaban J connectivity index is 2.33. The zero-order chi connectivity index (χ0) is 22.7. The number of benzene rings is 1. The Bertz CT molecular complexity index is 849. The first-order chi connectivity index (χ1) is 13.8. The zero-order valence-corrected chi connectivity index (χ0v) is 19.1. The third kappa shape index (κ3) is 5.77. The lowest BCUT2D eigenvalue weighted by atomic mass is 9.77. The number of carbonyl (C=O) groups is 1. The number of methoxy groups -OCH3 is 1. The molecule has 1 N–H and O–H groups in total. The lowest BCUT2D eigenvalue weighted by molar-refractivity contribution is 0.00578. The summed E-state index contributed by atoms with van der Waals surface area (Å²) in [5.41, 5.74) is 0.229. The maximum Gasteiger partial charge on any atom is 0.492 e. The number of ether oxygens (including phenoxy) is 2. The van der Waals surface area contributed by atoms with Crippen molar-refractivity contribution in [3.63, 3.8) is 0 Å². The number of carbonyl (C=O) groups excluding carboxylic acids is 1. The van der Waals surface area contributed by atoms with Crippen molar-refractivity contribution in [1.82, 2.24) is 5.32 Å². The molecule has 1 aromatic carbocycles. The number of rotatable bonds is 5. The van der Waals surface area contributed by atoms with Crippen molar-refractivity contribution in [2.24, 2.45) is 0 Å². The molecule has 0 bridgehead atoms. The Morgan fingerprint density at radius 3 is 2.33 bits per heavy atom. The predicted molar refractivity (Wildman–Crippen MR) is 116 cm³/mol. The first-order valence-electron chi connectivity index (χ1n) is 9.89. The molecule has 0 radical (unpaired) electrons. The van der Waals surface area contributed by atoms with Crippen molar-refractivity contribution in [3.05, 3.63) is 34.8 Å². The Labute approximate surface area is 179 Å². The summed E-state index contributed by atoms with van der Waals surface area (Å²) in [6.07, 6.45) is 1.32. The molecule has 162 valence electrons. The molecule has 0 spiro atoms. The van der Waals surface area contributed by atoms with E-state index in [1.54, 1.807) is 32.9 Å². The predicted octanol–water partition coefficient (Wildman–Crippen LogP) is 4.11. The molecule has 1 amide bonds. The monoisotopic (exact) mass is 414 g/mol. The van der Waals surface area contributed by atoms with Crippen LogP contribution in [-0.4, -0.2) is 43.7 Å². The first-order valence-corrected chi connectivity index (χ1v) is 9.89. The van der Waals surface area contributed by atoms with Gasteiger partial charge in [-0.3, -0.25) is 0 Å². The highest BCUT2D eigenvalue weighted by Gasteiger charge is 2.52. The highest BCUT2D eigenvalue weighted by molar-refractivity contribution is 6.56. The number of amides is 1. The highest BCUT2D eigenvalue weighted by atomic mass is 16.7. The maximum absolute atomic E-state index is 12.2. The smallest absolute Gasteiger partial charge is 0.492 e. The first kappa shape index (κ1) is 23.8. The van der Waals surface area contributed by atoms with Crippen LogP contribution in [0.1, 0.15) is 59.6 Å². The summed E-state index contributed by atoms with van der Waals surface area (Å²) in [6.45, 7) is 13.4. The lowest BCUT2D eigenvalue weighted by Gasteiger charge is -2.32. The van der Waals surface area contributed by atoms with Crippen LogP contribution in [0.2, 0.25) is 0 Å². The molecule has 2 rings (SSSR count). The number of hydrogen-bond acceptors (Lipinski definition) is 6. The van der Waals surface area contributed by atoms with Gasteiger partial charge in [-0.05, 0) is 71.6 Å². The van der Waals surface area contributed by atoms with Gasteiger partial charge in [0.05, 0.1) is 23.9 Å². The summed E-state index contributed by atoms with van der Waals surface area (Å²) in [7, 11) is 0.865. The van der Waals surface area contributed by atoms with Crippen LogP contribution >= 0.6 is 0 Å². The second-order valence-electron chi connectivity index (χ2n) is 9.23. The van der Waals surface area contributed by atoms with Crippen LogP contribution < -0.4 is 10.1 Å².